The molecule has 2 N–H and O–H groups in total. The number of nitrogens with zero attached hydrogens (tertiary/aromatic N) is 1. The van der Waals surface area contributed by atoms with E-state index in [-0.39, 0.29) is 24.3 Å². The molecule has 0 aromatic heterocycles. The van der Waals surface area contributed by atoms with Crippen LogP contribution in [0.2, 0.25) is 0 Å². The molecule has 0 saturated heterocycles. The van der Waals surface area contributed by atoms with Gasteiger partial charge in [0.15, 0.2) is 0 Å². The lowest BCUT2D eigenvalue weighted by molar-refractivity contribution is 0.240. The minimum Gasteiger partial charge on any atom is -0.507 e. The molecule has 0 bridgehead atoms. The molecule has 0 unspecified atom stereocenters. The summed E-state index contributed by atoms with van der Waals surface area (Å²) in [4.78, 5) is 4.54. The van der Waals surface area contributed by atoms with Gasteiger partial charge in [-0.2, -0.15) is 0 Å². The highest BCUT2D eigenvalue weighted by molar-refractivity contribution is 6.10. The maximum absolute atomic E-state index is 11.3. The van der Waals surface area contributed by atoms with Crippen LogP contribution in [0.25, 0.3) is 32.7 Å². The molecule has 0 spiro atoms. The van der Waals surface area contributed by atoms with Gasteiger partial charge in [0.1, 0.15) is 5.75 Å². The van der Waals surface area contributed by atoms with Crippen molar-refractivity contribution < 1.29 is 10.2 Å². The van der Waals surface area contributed by atoms with Crippen LogP contribution in [0, 0.1) is 5.92 Å². The van der Waals surface area contributed by atoms with Gasteiger partial charge in [0.2, 0.25) is 0 Å². The largest absolute Gasteiger partial charge is 0.507 e. The number of fused-ring (bicyclic) bond motifs is 2. The van der Waals surface area contributed by atoms with E-state index in [2.05, 4.69) is 29.3 Å². The zero-order valence-electron chi connectivity index (χ0n) is 16.7. The highest BCUT2D eigenvalue weighted by Gasteiger charge is 2.16. The average Bonchev–Trinajstić information content (AvgIpc) is 2.74. The molecule has 3 heteroatoms. The summed E-state index contributed by atoms with van der Waals surface area (Å²) in [6.07, 6.45) is 1.69. The molecular formula is C26H25NO2. The summed E-state index contributed by atoms with van der Waals surface area (Å²) in [5.74, 6) is 0.431. The van der Waals surface area contributed by atoms with E-state index in [0.29, 0.717) is 5.56 Å². The lowest BCUT2D eigenvalue weighted by atomic mass is 9.91. The van der Waals surface area contributed by atoms with Gasteiger partial charge < -0.3 is 10.2 Å². The van der Waals surface area contributed by atoms with Crippen molar-refractivity contribution in [1.29, 1.82) is 0 Å². The molecular weight excluding hydrogens is 358 g/mol. The minimum atomic E-state index is -0.193. The third-order valence-corrected chi connectivity index (χ3v) is 5.47. The van der Waals surface area contributed by atoms with Gasteiger partial charge in [0, 0.05) is 17.3 Å². The Kier molecular flexibility index (Phi) is 5.32. The number of hydrogen-bond donors (Lipinski definition) is 2. The molecule has 0 aliphatic heterocycles. The molecule has 29 heavy (non-hydrogen) atoms. The Bertz CT molecular complexity index is 1190. The summed E-state index contributed by atoms with van der Waals surface area (Å²) in [6.45, 7) is 4.04. The molecule has 0 aliphatic rings. The van der Waals surface area contributed by atoms with Gasteiger partial charge in [-0.05, 0) is 39.1 Å². The van der Waals surface area contributed by atoms with Crippen LogP contribution in [0.3, 0.4) is 0 Å². The normalized spacial score (nSPS) is 13.0. The quantitative estimate of drug-likeness (QED) is 0.428. The predicted molar refractivity (Wildman–Crippen MR) is 122 cm³/mol. The average molecular weight is 383 g/mol. The number of aliphatic imine (C=N–C) groups is 1. The van der Waals surface area contributed by atoms with E-state index >= 15 is 0 Å². The third kappa shape index (κ3) is 3.62. The van der Waals surface area contributed by atoms with Gasteiger partial charge in [0.05, 0.1) is 12.6 Å². The molecule has 0 radical (unpaired) electrons. The van der Waals surface area contributed by atoms with E-state index in [1.807, 2.05) is 62.4 Å². The second kappa shape index (κ2) is 8.06. The first-order valence-electron chi connectivity index (χ1n) is 9.97. The molecule has 0 heterocycles. The van der Waals surface area contributed by atoms with Crippen molar-refractivity contribution in [1.82, 2.24) is 0 Å². The van der Waals surface area contributed by atoms with Crippen LogP contribution in [0.15, 0.2) is 77.8 Å². The second-order valence-electron chi connectivity index (χ2n) is 7.71. The highest BCUT2D eigenvalue weighted by Crippen LogP contribution is 2.41. The Morgan fingerprint density at radius 1 is 0.862 bits per heavy atom. The van der Waals surface area contributed by atoms with Crippen LogP contribution in [-0.4, -0.2) is 29.1 Å². The van der Waals surface area contributed by atoms with Gasteiger partial charge in [0.25, 0.3) is 0 Å². The fourth-order valence-electron chi connectivity index (χ4n) is 3.78. The molecule has 4 rings (SSSR count). The van der Waals surface area contributed by atoms with Gasteiger partial charge in [-0.15, -0.1) is 0 Å². The zero-order chi connectivity index (χ0) is 20.4. The summed E-state index contributed by atoms with van der Waals surface area (Å²) in [5, 5.41) is 25.1. The van der Waals surface area contributed by atoms with E-state index < -0.39 is 0 Å². The van der Waals surface area contributed by atoms with Crippen LogP contribution in [-0.2, 0) is 0 Å². The molecule has 0 amide bonds. The molecule has 3 nitrogen and oxygen atoms in total. The summed E-state index contributed by atoms with van der Waals surface area (Å²) < 4.78 is 0. The fourth-order valence-corrected chi connectivity index (χ4v) is 3.78. The number of phenolic OH excluding ortho intramolecular Hbond substituents is 1. The number of rotatable bonds is 5. The molecule has 146 valence electrons. The maximum Gasteiger partial charge on any atom is 0.132 e. The molecule has 1 atom stereocenters. The summed E-state index contributed by atoms with van der Waals surface area (Å²) in [7, 11) is 0. The topological polar surface area (TPSA) is 52.8 Å². The van der Waals surface area contributed by atoms with Gasteiger partial charge in [-0.25, -0.2) is 0 Å². The highest BCUT2D eigenvalue weighted by atomic mass is 16.3. The third-order valence-electron chi connectivity index (χ3n) is 5.47. The first-order chi connectivity index (χ1) is 14.1. The van der Waals surface area contributed by atoms with Crippen molar-refractivity contribution in [2.75, 3.05) is 6.61 Å². The molecule has 0 fully saturated rings. The lowest BCUT2D eigenvalue weighted by Crippen LogP contribution is -2.17. The van der Waals surface area contributed by atoms with Crippen molar-refractivity contribution in [2.45, 2.75) is 19.9 Å². The number of aliphatic hydroxyl groups is 1. The second-order valence-corrected chi connectivity index (χ2v) is 7.71. The Hall–Kier alpha value is -3.17. The number of benzene rings is 4. The van der Waals surface area contributed by atoms with E-state index in [9.17, 15) is 10.2 Å². The molecule has 0 aliphatic carbocycles. The Morgan fingerprint density at radius 2 is 1.52 bits per heavy atom. The lowest BCUT2D eigenvalue weighted by Gasteiger charge is -2.16. The van der Waals surface area contributed by atoms with E-state index in [4.69, 9.17) is 0 Å². The van der Waals surface area contributed by atoms with Gasteiger partial charge in [-0.3, -0.25) is 4.99 Å². The van der Waals surface area contributed by atoms with E-state index in [1.165, 1.54) is 0 Å². The van der Waals surface area contributed by atoms with Crippen molar-refractivity contribution in [3.05, 3.63) is 78.4 Å². The minimum absolute atomic E-state index is 0.0152. The van der Waals surface area contributed by atoms with Crippen molar-refractivity contribution in [3.8, 4) is 16.9 Å². The van der Waals surface area contributed by atoms with Gasteiger partial charge >= 0.3 is 0 Å². The number of hydrogen-bond acceptors (Lipinski definition) is 3. The van der Waals surface area contributed by atoms with Crippen LogP contribution in [0.1, 0.15) is 19.4 Å². The molecule has 0 saturated carbocycles. The summed E-state index contributed by atoms with van der Waals surface area (Å²) >= 11 is 0. The maximum atomic E-state index is 11.3. The number of phenols is 1. The van der Waals surface area contributed by atoms with E-state index in [1.54, 1.807) is 6.21 Å². The summed E-state index contributed by atoms with van der Waals surface area (Å²) in [5.41, 5.74) is 2.46. The Morgan fingerprint density at radius 3 is 2.24 bits per heavy atom. The van der Waals surface area contributed by atoms with Crippen molar-refractivity contribution in [2.24, 2.45) is 10.9 Å². The first kappa shape index (κ1) is 19.2. The smallest absolute Gasteiger partial charge is 0.132 e. The Balaban J connectivity index is 1.98. The monoisotopic (exact) mass is 383 g/mol. The van der Waals surface area contributed by atoms with E-state index in [0.717, 1.165) is 32.7 Å². The Labute approximate surface area is 171 Å². The van der Waals surface area contributed by atoms with Crippen molar-refractivity contribution >= 4 is 27.8 Å². The fraction of sp³-hybridized carbons (Fsp3) is 0.192. The SMILES string of the molecule is CC(C)[C@@H](CO)N=Cc1cc2ccccc2c(-c2cccc3ccccc23)c1O. The van der Waals surface area contributed by atoms with Gasteiger partial charge in [-0.1, -0.05) is 80.6 Å². The first-order valence-corrected chi connectivity index (χ1v) is 9.97. The number of aromatic hydroxyl groups is 1. The summed E-state index contributed by atoms with van der Waals surface area (Å²) in [6, 6.07) is 24.2. The van der Waals surface area contributed by atoms with Crippen LogP contribution >= 0.6 is 0 Å². The van der Waals surface area contributed by atoms with Crippen LogP contribution < -0.4 is 0 Å². The zero-order valence-corrected chi connectivity index (χ0v) is 16.7. The standard InChI is InChI=1S/C26H25NO2/c1-17(2)24(16-28)27-15-20-14-19-9-4-6-12-22(19)25(26(20)29)23-13-7-10-18-8-3-5-11-21(18)23/h3-15,17,24,28-29H,16H2,1-2H3/t24-/m1/s1. The van der Waals surface area contributed by atoms with Crippen molar-refractivity contribution in [3.63, 3.8) is 0 Å². The molecule has 4 aromatic rings. The predicted octanol–water partition coefficient (Wildman–Crippen LogP) is 5.80. The van der Waals surface area contributed by atoms with Crippen LogP contribution in [0.5, 0.6) is 5.75 Å². The van der Waals surface area contributed by atoms with Crippen LogP contribution in [0.4, 0.5) is 0 Å². The number of aliphatic hydroxyl groups excluding tert-OH is 1. The molecule has 4 aromatic carbocycles.